The first-order valence-electron chi connectivity index (χ1n) is 6.00. The number of nitrogens with zero attached hydrogens (tertiary/aromatic N) is 3. The van der Waals surface area contributed by atoms with E-state index in [2.05, 4.69) is 0 Å². The van der Waals surface area contributed by atoms with Crippen molar-refractivity contribution in [1.82, 2.24) is 9.13 Å². The van der Waals surface area contributed by atoms with Crippen molar-refractivity contribution in [3.8, 4) is 0 Å². The molecular formula is C14H14N3O2+. The summed E-state index contributed by atoms with van der Waals surface area (Å²) in [7, 11) is 5.05. The van der Waals surface area contributed by atoms with Gasteiger partial charge in [-0.15, -0.1) is 0 Å². The molecule has 0 amide bonds. The van der Waals surface area contributed by atoms with E-state index in [1.54, 1.807) is 7.05 Å². The van der Waals surface area contributed by atoms with Crippen LogP contribution in [0.4, 0.5) is 0 Å². The zero-order chi connectivity index (χ0) is 13.7. The summed E-state index contributed by atoms with van der Waals surface area (Å²) < 4.78 is 4.54. The molecule has 0 radical (unpaired) electrons. The number of fused-ring (bicyclic) bond motifs is 3. The molecule has 1 aromatic carbocycles. The van der Waals surface area contributed by atoms with Crippen LogP contribution in [0.25, 0.3) is 21.9 Å². The molecule has 0 saturated carbocycles. The molecule has 0 spiro atoms. The van der Waals surface area contributed by atoms with Gasteiger partial charge in [-0.05, 0) is 6.07 Å². The van der Waals surface area contributed by atoms with Crippen LogP contribution in [0, 0.1) is 0 Å². The summed E-state index contributed by atoms with van der Waals surface area (Å²) >= 11 is 0. The number of rotatable bonds is 0. The van der Waals surface area contributed by atoms with E-state index in [9.17, 15) is 9.59 Å². The summed E-state index contributed by atoms with van der Waals surface area (Å²) in [6.45, 7) is 0. The lowest BCUT2D eigenvalue weighted by Gasteiger charge is -1.98. The lowest BCUT2D eigenvalue weighted by molar-refractivity contribution is -0.667. The molecule has 0 aliphatic carbocycles. The average Bonchev–Trinajstić information content (AvgIpc) is 2.58. The first kappa shape index (κ1) is 11.6. The standard InChI is InChI=1S/C14H14N3O2/c1-15-10-8-6-4-5-7-9(10)11-12(15)16(2)14(19)17(3)13(11)18/h4-8H,1-3H3/q+1. The predicted molar refractivity (Wildman–Crippen MR) is 73.1 cm³/mol. The molecular weight excluding hydrogens is 242 g/mol. The maximum Gasteiger partial charge on any atom is 0.445 e. The number of aromatic nitrogens is 3. The van der Waals surface area contributed by atoms with Crippen LogP contribution < -0.4 is 15.8 Å². The number of aryl methyl sites for hydroxylation is 2. The first-order chi connectivity index (χ1) is 9.04. The van der Waals surface area contributed by atoms with Crippen LogP contribution >= 0.6 is 0 Å². The normalized spacial score (nSPS) is 11.3. The highest BCUT2D eigenvalue weighted by molar-refractivity contribution is 6.04. The van der Waals surface area contributed by atoms with Gasteiger partial charge in [0, 0.05) is 5.39 Å². The quantitative estimate of drug-likeness (QED) is 0.540. The molecule has 19 heavy (non-hydrogen) atoms. The fraction of sp³-hybridized carbons (Fsp3) is 0.214. The Bertz CT molecular complexity index is 935. The van der Waals surface area contributed by atoms with Gasteiger partial charge < -0.3 is 0 Å². The molecule has 0 saturated heterocycles. The van der Waals surface area contributed by atoms with E-state index in [1.807, 2.05) is 41.9 Å². The van der Waals surface area contributed by atoms with Crippen molar-refractivity contribution in [2.75, 3.05) is 0 Å². The molecule has 5 nitrogen and oxygen atoms in total. The van der Waals surface area contributed by atoms with E-state index < -0.39 is 0 Å². The van der Waals surface area contributed by atoms with Crippen LogP contribution in [0.3, 0.4) is 0 Å². The Balaban J connectivity index is 2.83. The summed E-state index contributed by atoms with van der Waals surface area (Å²) in [5.74, 6) is 0. The van der Waals surface area contributed by atoms with Gasteiger partial charge in [0.15, 0.2) is 0 Å². The second-order valence-corrected chi connectivity index (χ2v) is 4.67. The minimum Gasteiger partial charge on any atom is -0.261 e. The van der Waals surface area contributed by atoms with Gasteiger partial charge in [0.2, 0.25) is 5.65 Å². The summed E-state index contributed by atoms with van der Waals surface area (Å²) in [6, 6.07) is 9.58. The van der Waals surface area contributed by atoms with E-state index in [-0.39, 0.29) is 11.2 Å². The Hall–Kier alpha value is -2.43. The third-order valence-corrected chi connectivity index (χ3v) is 3.60. The van der Waals surface area contributed by atoms with Crippen molar-refractivity contribution in [2.45, 2.75) is 0 Å². The van der Waals surface area contributed by atoms with Crippen LogP contribution in [-0.4, -0.2) is 9.13 Å². The van der Waals surface area contributed by atoms with Crippen molar-refractivity contribution in [2.24, 2.45) is 21.1 Å². The van der Waals surface area contributed by atoms with Gasteiger partial charge in [0.1, 0.15) is 10.9 Å². The van der Waals surface area contributed by atoms with Gasteiger partial charge in [-0.25, -0.2) is 9.59 Å². The van der Waals surface area contributed by atoms with Crippen molar-refractivity contribution < 1.29 is 4.57 Å². The van der Waals surface area contributed by atoms with Crippen molar-refractivity contribution in [1.29, 1.82) is 0 Å². The maximum absolute atomic E-state index is 12.4. The van der Waals surface area contributed by atoms with Crippen molar-refractivity contribution in [3.63, 3.8) is 0 Å². The maximum atomic E-state index is 12.4. The Morgan fingerprint density at radius 3 is 2.42 bits per heavy atom. The smallest absolute Gasteiger partial charge is 0.261 e. The highest BCUT2D eigenvalue weighted by Crippen LogP contribution is 2.21. The van der Waals surface area contributed by atoms with Crippen LogP contribution in [0.15, 0.2) is 39.9 Å². The molecule has 2 aromatic heterocycles. The lowest BCUT2D eigenvalue weighted by atomic mass is 10.2. The van der Waals surface area contributed by atoms with E-state index in [1.165, 1.54) is 11.6 Å². The molecule has 3 rings (SSSR count). The molecule has 5 heteroatoms. The SMILES string of the molecule is Cn1c(=O)c2c3cccccc3n(C)c2[n+](C)c1=O. The van der Waals surface area contributed by atoms with Gasteiger partial charge >= 0.3 is 11.2 Å². The van der Waals surface area contributed by atoms with Crippen LogP contribution in [0.2, 0.25) is 0 Å². The van der Waals surface area contributed by atoms with E-state index in [0.717, 1.165) is 15.5 Å². The van der Waals surface area contributed by atoms with Crippen molar-refractivity contribution in [3.05, 3.63) is 51.2 Å². The summed E-state index contributed by atoms with van der Waals surface area (Å²) in [6.07, 6.45) is 0. The summed E-state index contributed by atoms with van der Waals surface area (Å²) in [5, 5.41) is 1.44. The number of hydrogen-bond acceptors (Lipinski definition) is 2. The third-order valence-electron chi connectivity index (χ3n) is 3.60. The zero-order valence-corrected chi connectivity index (χ0v) is 11.0. The summed E-state index contributed by atoms with van der Waals surface area (Å²) in [4.78, 5) is 24.4. The predicted octanol–water partition coefficient (Wildman–Crippen LogP) is 0.215. The summed E-state index contributed by atoms with van der Waals surface area (Å²) in [5.41, 5.74) is 1.01. The van der Waals surface area contributed by atoms with Gasteiger partial charge in [-0.1, -0.05) is 24.3 Å². The topological polar surface area (TPSA) is 47.9 Å². The average molecular weight is 256 g/mol. The molecule has 0 unspecified atom stereocenters. The molecule has 0 atom stereocenters. The monoisotopic (exact) mass is 256 g/mol. The van der Waals surface area contributed by atoms with Gasteiger partial charge in [0.05, 0.1) is 21.1 Å². The van der Waals surface area contributed by atoms with E-state index >= 15 is 0 Å². The molecule has 0 bridgehead atoms. The molecule has 0 aliphatic heterocycles. The second kappa shape index (κ2) is 3.78. The Kier molecular flexibility index (Phi) is 2.32. The fourth-order valence-corrected chi connectivity index (χ4v) is 2.62. The van der Waals surface area contributed by atoms with Crippen LogP contribution in [-0.2, 0) is 21.1 Å². The second-order valence-electron chi connectivity index (χ2n) is 4.67. The minimum atomic E-state index is -0.312. The Morgan fingerprint density at radius 1 is 1.00 bits per heavy atom. The molecule has 2 heterocycles. The first-order valence-corrected chi connectivity index (χ1v) is 6.00. The molecule has 3 aromatic rings. The highest BCUT2D eigenvalue weighted by atomic mass is 16.2. The van der Waals surface area contributed by atoms with Gasteiger partial charge in [0.25, 0.3) is 0 Å². The molecule has 96 valence electrons. The molecule has 0 aliphatic rings. The van der Waals surface area contributed by atoms with Crippen LogP contribution in [0.1, 0.15) is 0 Å². The van der Waals surface area contributed by atoms with E-state index in [0.29, 0.717) is 11.0 Å². The van der Waals surface area contributed by atoms with Crippen LogP contribution in [0.5, 0.6) is 0 Å². The largest absolute Gasteiger partial charge is 0.445 e. The Morgan fingerprint density at radius 2 is 1.68 bits per heavy atom. The lowest BCUT2D eigenvalue weighted by Crippen LogP contribution is -2.55. The zero-order valence-electron chi connectivity index (χ0n) is 11.0. The minimum absolute atomic E-state index is 0.255. The fourth-order valence-electron chi connectivity index (χ4n) is 2.62. The van der Waals surface area contributed by atoms with Gasteiger partial charge in [-0.2, -0.15) is 9.13 Å². The van der Waals surface area contributed by atoms with Gasteiger partial charge in [-0.3, -0.25) is 4.57 Å². The van der Waals surface area contributed by atoms with E-state index in [4.69, 9.17) is 0 Å². The Labute approximate surface area is 109 Å². The highest BCUT2D eigenvalue weighted by Gasteiger charge is 2.22. The molecule has 0 N–H and O–H groups in total. The third kappa shape index (κ3) is 1.38. The van der Waals surface area contributed by atoms with Crippen molar-refractivity contribution >= 4 is 21.9 Å². The number of hydrogen-bond donors (Lipinski definition) is 0. The molecule has 0 fully saturated rings.